The van der Waals surface area contributed by atoms with Gasteiger partial charge in [0.05, 0.1) is 13.3 Å². The van der Waals surface area contributed by atoms with Gasteiger partial charge in [-0.15, -0.1) is 0 Å². The average Bonchev–Trinajstić information content (AvgIpc) is 2.85. The van der Waals surface area contributed by atoms with Crippen molar-refractivity contribution in [3.63, 3.8) is 0 Å². The van der Waals surface area contributed by atoms with E-state index in [1.165, 1.54) is 11.1 Å². The van der Waals surface area contributed by atoms with Crippen LogP contribution >= 0.6 is 0 Å². The van der Waals surface area contributed by atoms with Crippen LogP contribution in [0.25, 0.3) is 6.08 Å². The van der Waals surface area contributed by atoms with Gasteiger partial charge in [-0.2, -0.15) is 5.10 Å². The van der Waals surface area contributed by atoms with E-state index in [-0.39, 0.29) is 0 Å². The molecule has 106 valence electrons. The minimum absolute atomic E-state index is 0.884. The first-order valence-corrected chi connectivity index (χ1v) is 6.67. The smallest absolute Gasteiger partial charge is 0.118 e. The van der Waals surface area contributed by atoms with E-state index >= 15 is 0 Å². The van der Waals surface area contributed by atoms with Gasteiger partial charge in [0.15, 0.2) is 0 Å². The van der Waals surface area contributed by atoms with E-state index in [1.54, 1.807) is 7.11 Å². The Labute approximate surface area is 120 Å². The van der Waals surface area contributed by atoms with Gasteiger partial charge in [0.2, 0.25) is 0 Å². The van der Waals surface area contributed by atoms with Gasteiger partial charge in [0, 0.05) is 24.3 Å². The lowest BCUT2D eigenvalue weighted by Gasteiger charge is -2.13. The molecule has 0 radical (unpaired) electrons. The molecule has 0 atom stereocenters. The van der Waals surface area contributed by atoms with E-state index in [1.807, 2.05) is 25.3 Å². The van der Waals surface area contributed by atoms with Gasteiger partial charge >= 0.3 is 0 Å². The summed E-state index contributed by atoms with van der Waals surface area (Å²) >= 11 is 0. The Kier molecular flexibility index (Phi) is 4.96. The van der Waals surface area contributed by atoms with Gasteiger partial charge in [0.25, 0.3) is 0 Å². The Morgan fingerprint density at radius 3 is 2.65 bits per heavy atom. The number of nitrogens with zero attached hydrogens (tertiary/aromatic N) is 2. The van der Waals surface area contributed by atoms with E-state index in [9.17, 15) is 0 Å². The van der Waals surface area contributed by atoms with Crippen molar-refractivity contribution < 1.29 is 4.74 Å². The van der Waals surface area contributed by atoms with Crippen LogP contribution in [0, 0.1) is 6.92 Å². The van der Waals surface area contributed by atoms with E-state index < -0.39 is 0 Å². The number of methoxy groups -OCH3 is 1. The summed E-state index contributed by atoms with van der Waals surface area (Å²) in [5, 5.41) is 7.00. The Bertz CT molecular complexity index is 557. The zero-order valence-corrected chi connectivity index (χ0v) is 12.3. The van der Waals surface area contributed by atoms with E-state index in [0.29, 0.717) is 0 Å². The number of ether oxygens (including phenoxy) is 1. The number of aryl methyl sites for hydroxylation is 1. The molecule has 4 nitrogen and oxygen atoms in total. The van der Waals surface area contributed by atoms with E-state index in [2.05, 4.69) is 46.4 Å². The molecular formula is C16H21N3O. The minimum atomic E-state index is 0.884. The number of benzene rings is 1. The summed E-state index contributed by atoms with van der Waals surface area (Å²) in [6.07, 6.45) is 6.18. The summed E-state index contributed by atoms with van der Waals surface area (Å²) in [4.78, 5) is 2.25. The van der Waals surface area contributed by atoms with Crippen LogP contribution in [-0.2, 0) is 6.54 Å². The van der Waals surface area contributed by atoms with Crippen molar-refractivity contribution in [1.82, 2.24) is 15.1 Å². The molecule has 0 amide bonds. The Morgan fingerprint density at radius 2 is 2.05 bits per heavy atom. The number of aromatic nitrogens is 2. The van der Waals surface area contributed by atoms with Crippen molar-refractivity contribution in [2.75, 3.05) is 20.7 Å². The highest BCUT2D eigenvalue weighted by Gasteiger charge is 2.03. The van der Waals surface area contributed by atoms with Gasteiger partial charge in [0.1, 0.15) is 5.75 Å². The number of rotatable bonds is 6. The molecule has 0 unspecified atom stereocenters. The second-order valence-corrected chi connectivity index (χ2v) is 4.89. The van der Waals surface area contributed by atoms with Crippen LogP contribution in [0.3, 0.4) is 0 Å². The molecule has 0 aliphatic heterocycles. The lowest BCUT2D eigenvalue weighted by molar-refractivity contribution is 0.363. The molecule has 1 aromatic heterocycles. The zero-order valence-electron chi connectivity index (χ0n) is 12.3. The SMILES string of the molecule is COc1ccc(C=CCN(C)Cc2cn[nH]c2C)cc1. The first-order chi connectivity index (χ1) is 9.69. The van der Waals surface area contributed by atoms with Crippen LogP contribution in [0.4, 0.5) is 0 Å². The number of likely N-dealkylation sites (N-methyl/N-ethyl adjacent to an activating group) is 1. The predicted molar refractivity (Wildman–Crippen MR) is 81.7 cm³/mol. The fourth-order valence-electron chi connectivity index (χ4n) is 1.97. The van der Waals surface area contributed by atoms with Crippen molar-refractivity contribution in [1.29, 1.82) is 0 Å². The normalized spacial score (nSPS) is 11.4. The van der Waals surface area contributed by atoms with E-state index in [0.717, 1.165) is 24.5 Å². The van der Waals surface area contributed by atoms with Crippen LogP contribution in [0.5, 0.6) is 5.75 Å². The summed E-state index contributed by atoms with van der Waals surface area (Å²) in [6.45, 7) is 3.84. The van der Waals surface area contributed by atoms with Crippen molar-refractivity contribution in [3.05, 3.63) is 53.4 Å². The van der Waals surface area contributed by atoms with Crippen molar-refractivity contribution >= 4 is 6.08 Å². The highest BCUT2D eigenvalue weighted by molar-refractivity contribution is 5.50. The number of nitrogens with one attached hydrogen (secondary N) is 1. The van der Waals surface area contributed by atoms with Gasteiger partial charge in [-0.3, -0.25) is 10.00 Å². The van der Waals surface area contributed by atoms with Crippen molar-refractivity contribution in [3.8, 4) is 5.75 Å². The third-order valence-electron chi connectivity index (χ3n) is 3.22. The zero-order chi connectivity index (χ0) is 14.4. The third kappa shape index (κ3) is 3.96. The van der Waals surface area contributed by atoms with Crippen LogP contribution < -0.4 is 4.74 Å². The van der Waals surface area contributed by atoms with Gasteiger partial charge in [-0.05, 0) is 31.7 Å². The summed E-state index contributed by atoms with van der Waals surface area (Å²) in [6, 6.07) is 8.04. The topological polar surface area (TPSA) is 41.1 Å². The van der Waals surface area contributed by atoms with Gasteiger partial charge in [-0.1, -0.05) is 24.3 Å². The molecule has 2 aromatic rings. The maximum absolute atomic E-state index is 5.14. The molecule has 2 rings (SSSR count). The molecule has 0 bridgehead atoms. The maximum Gasteiger partial charge on any atom is 0.118 e. The van der Waals surface area contributed by atoms with Crippen LogP contribution in [-0.4, -0.2) is 35.8 Å². The van der Waals surface area contributed by atoms with Crippen LogP contribution in [0.1, 0.15) is 16.8 Å². The molecule has 0 fully saturated rings. The molecular weight excluding hydrogens is 250 g/mol. The number of aromatic amines is 1. The molecule has 0 aliphatic rings. The summed E-state index contributed by atoms with van der Waals surface area (Å²) in [5.74, 6) is 0.884. The van der Waals surface area contributed by atoms with Gasteiger partial charge < -0.3 is 4.74 Å². The standard InChI is InChI=1S/C16H21N3O/c1-13-15(11-17-18-13)12-19(2)10-4-5-14-6-8-16(20-3)9-7-14/h4-9,11H,10,12H2,1-3H3,(H,17,18). The fraction of sp³-hybridized carbons (Fsp3) is 0.312. The number of hydrogen-bond acceptors (Lipinski definition) is 3. The predicted octanol–water partition coefficient (Wildman–Crippen LogP) is 2.87. The highest BCUT2D eigenvalue weighted by atomic mass is 16.5. The van der Waals surface area contributed by atoms with Crippen molar-refractivity contribution in [2.45, 2.75) is 13.5 Å². The van der Waals surface area contributed by atoms with Crippen molar-refractivity contribution in [2.24, 2.45) is 0 Å². The van der Waals surface area contributed by atoms with E-state index in [4.69, 9.17) is 4.74 Å². The molecule has 0 aliphatic carbocycles. The monoisotopic (exact) mass is 271 g/mol. The summed E-state index contributed by atoms with van der Waals surface area (Å²) in [5.41, 5.74) is 3.56. The first kappa shape index (κ1) is 14.3. The largest absolute Gasteiger partial charge is 0.497 e. The second kappa shape index (κ2) is 6.91. The lowest BCUT2D eigenvalue weighted by Crippen LogP contribution is -2.17. The summed E-state index contributed by atoms with van der Waals surface area (Å²) < 4.78 is 5.14. The Hall–Kier alpha value is -2.07. The minimum Gasteiger partial charge on any atom is -0.497 e. The van der Waals surface area contributed by atoms with Crippen LogP contribution in [0.15, 0.2) is 36.5 Å². The fourth-order valence-corrected chi connectivity index (χ4v) is 1.97. The Balaban J connectivity index is 1.84. The van der Waals surface area contributed by atoms with Gasteiger partial charge in [-0.25, -0.2) is 0 Å². The number of hydrogen-bond donors (Lipinski definition) is 1. The average molecular weight is 271 g/mol. The lowest BCUT2D eigenvalue weighted by atomic mass is 10.2. The molecule has 1 N–H and O–H groups in total. The molecule has 4 heteroatoms. The highest BCUT2D eigenvalue weighted by Crippen LogP contribution is 2.12. The number of H-pyrrole nitrogens is 1. The third-order valence-corrected chi connectivity index (χ3v) is 3.22. The quantitative estimate of drug-likeness (QED) is 0.878. The maximum atomic E-state index is 5.14. The Morgan fingerprint density at radius 1 is 1.30 bits per heavy atom. The molecule has 20 heavy (non-hydrogen) atoms. The molecule has 0 spiro atoms. The summed E-state index contributed by atoms with van der Waals surface area (Å²) in [7, 11) is 3.78. The molecule has 0 saturated carbocycles. The molecule has 1 aromatic carbocycles. The first-order valence-electron chi connectivity index (χ1n) is 6.67. The molecule has 1 heterocycles. The van der Waals surface area contributed by atoms with Crippen LogP contribution in [0.2, 0.25) is 0 Å². The second-order valence-electron chi connectivity index (χ2n) is 4.89. The molecule has 0 saturated heterocycles.